The zero-order valence-corrected chi connectivity index (χ0v) is 18.6. The van der Waals surface area contributed by atoms with E-state index in [4.69, 9.17) is 23.2 Å². The summed E-state index contributed by atoms with van der Waals surface area (Å²) in [6, 6.07) is 14.7. The van der Waals surface area contributed by atoms with Crippen LogP contribution in [-0.4, -0.2) is 43.7 Å². The molecule has 8 heteroatoms. The molecule has 1 aliphatic heterocycles. The van der Waals surface area contributed by atoms with Gasteiger partial charge in [-0.1, -0.05) is 59.6 Å². The van der Waals surface area contributed by atoms with Crippen molar-refractivity contribution in [3.8, 4) is 0 Å². The van der Waals surface area contributed by atoms with Gasteiger partial charge < -0.3 is 4.90 Å². The van der Waals surface area contributed by atoms with E-state index in [2.05, 4.69) is 0 Å². The van der Waals surface area contributed by atoms with Gasteiger partial charge in [-0.05, 0) is 30.5 Å². The van der Waals surface area contributed by atoms with E-state index in [0.717, 1.165) is 5.56 Å². The van der Waals surface area contributed by atoms with E-state index in [-0.39, 0.29) is 24.1 Å². The van der Waals surface area contributed by atoms with Gasteiger partial charge in [-0.15, -0.1) is 0 Å². The Bertz CT molecular complexity index is 947. The molecule has 0 bridgehead atoms. The maximum atomic E-state index is 13.0. The highest BCUT2D eigenvalue weighted by atomic mass is 35.5. The van der Waals surface area contributed by atoms with Crippen molar-refractivity contribution >= 4 is 39.1 Å². The Morgan fingerprint density at radius 2 is 1.76 bits per heavy atom. The topological polar surface area (TPSA) is 57.7 Å². The van der Waals surface area contributed by atoms with Crippen LogP contribution in [0.3, 0.4) is 0 Å². The van der Waals surface area contributed by atoms with Gasteiger partial charge in [0.25, 0.3) is 0 Å². The molecule has 2 aromatic carbocycles. The van der Waals surface area contributed by atoms with Crippen molar-refractivity contribution in [3.05, 3.63) is 69.7 Å². The Labute approximate surface area is 182 Å². The highest BCUT2D eigenvalue weighted by molar-refractivity contribution is 7.88. The van der Waals surface area contributed by atoms with Crippen LogP contribution in [0.5, 0.6) is 0 Å². The number of rotatable bonds is 6. The van der Waals surface area contributed by atoms with Gasteiger partial charge >= 0.3 is 0 Å². The smallest absolute Gasteiger partial charge is 0.227 e. The fraction of sp³-hybridized carbons (Fsp3) is 0.381. The Morgan fingerprint density at radius 1 is 1.10 bits per heavy atom. The van der Waals surface area contributed by atoms with E-state index in [1.165, 1.54) is 4.31 Å². The summed E-state index contributed by atoms with van der Waals surface area (Å²) in [7, 11) is -1.88. The third kappa shape index (κ3) is 5.51. The lowest BCUT2D eigenvalue weighted by atomic mass is 9.98. The molecule has 0 spiro atoms. The summed E-state index contributed by atoms with van der Waals surface area (Å²) in [5, 5.41) is 0.654. The van der Waals surface area contributed by atoms with Crippen LogP contribution >= 0.6 is 23.2 Å². The Balaban J connectivity index is 1.68. The minimum absolute atomic E-state index is 0.0375. The van der Waals surface area contributed by atoms with Gasteiger partial charge in [-0.25, -0.2) is 12.7 Å². The number of benzene rings is 2. The van der Waals surface area contributed by atoms with Gasteiger partial charge in [0.05, 0.1) is 11.7 Å². The van der Waals surface area contributed by atoms with Crippen LogP contribution in [0.15, 0.2) is 48.5 Å². The number of carbonyl (C=O) groups is 1. The number of hydrogen-bond donors (Lipinski definition) is 0. The zero-order valence-electron chi connectivity index (χ0n) is 16.2. The molecular formula is C21H24Cl2N2O3S. The first-order valence-electron chi connectivity index (χ1n) is 9.47. The number of amides is 1. The Kier molecular flexibility index (Phi) is 7.22. The number of sulfonamides is 1. The summed E-state index contributed by atoms with van der Waals surface area (Å²) in [4.78, 5) is 14.6. The molecule has 1 fully saturated rings. The second-order valence-corrected chi connectivity index (χ2v) is 10.1. The first-order chi connectivity index (χ1) is 13.8. The van der Waals surface area contributed by atoms with E-state index in [1.54, 1.807) is 30.1 Å². The van der Waals surface area contributed by atoms with Crippen LogP contribution in [0.1, 0.15) is 24.0 Å². The quantitative estimate of drug-likeness (QED) is 0.656. The maximum Gasteiger partial charge on any atom is 0.227 e. The summed E-state index contributed by atoms with van der Waals surface area (Å²) in [5.74, 6) is -0.662. The zero-order chi connectivity index (χ0) is 21.0. The van der Waals surface area contributed by atoms with Gasteiger partial charge in [0.1, 0.15) is 0 Å². The standard InChI is InChI=1S/C21H24Cl2N2O3S/c1-24(13-16-7-3-2-4-8-16)21(26)17-9-6-12-25(14-17)29(27,28)15-18-19(22)10-5-11-20(18)23/h2-5,7-8,10-11,17H,6,9,12-15H2,1H3/t17-/m0/s1. The van der Waals surface area contributed by atoms with Crippen molar-refractivity contribution in [2.24, 2.45) is 5.92 Å². The van der Waals surface area contributed by atoms with E-state index < -0.39 is 10.0 Å². The van der Waals surface area contributed by atoms with Crippen LogP contribution < -0.4 is 0 Å². The minimum Gasteiger partial charge on any atom is -0.341 e. The summed E-state index contributed by atoms with van der Waals surface area (Å²) in [6.07, 6.45) is 1.32. The molecule has 0 unspecified atom stereocenters. The van der Waals surface area contributed by atoms with E-state index >= 15 is 0 Å². The SMILES string of the molecule is CN(Cc1ccccc1)C(=O)[C@H]1CCCN(S(=O)(=O)Cc2c(Cl)cccc2Cl)C1. The second kappa shape index (κ2) is 9.47. The predicted octanol–water partition coefficient (Wildman–Crippen LogP) is 4.19. The summed E-state index contributed by atoms with van der Waals surface area (Å²) in [5.41, 5.74) is 1.43. The van der Waals surface area contributed by atoms with E-state index in [0.29, 0.717) is 41.5 Å². The van der Waals surface area contributed by atoms with Crippen LogP contribution in [0.25, 0.3) is 0 Å². The number of carbonyl (C=O) groups excluding carboxylic acids is 1. The lowest BCUT2D eigenvalue weighted by Gasteiger charge is -2.33. The number of halogens is 2. The fourth-order valence-electron chi connectivity index (χ4n) is 3.59. The maximum absolute atomic E-state index is 13.0. The molecule has 0 aromatic heterocycles. The van der Waals surface area contributed by atoms with Crippen molar-refractivity contribution < 1.29 is 13.2 Å². The molecule has 3 rings (SSSR count). The molecule has 0 saturated carbocycles. The van der Waals surface area contributed by atoms with Gasteiger partial charge in [-0.3, -0.25) is 4.79 Å². The van der Waals surface area contributed by atoms with Crippen molar-refractivity contribution in [2.45, 2.75) is 25.1 Å². The van der Waals surface area contributed by atoms with Crippen LogP contribution in [0, 0.1) is 5.92 Å². The molecule has 2 aromatic rings. The van der Waals surface area contributed by atoms with Gasteiger partial charge in [0, 0.05) is 42.3 Å². The predicted molar refractivity (Wildman–Crippen MR) is 116 cm³/mol. The minimum atomic E-state index is -3.64. The molecule has 156 valence electrons. The molecule has 1 atom stereocenters. The first kappa shape index (κ1) is 22.1. The van der Waals surface area contributed by atoms with E-state index in [9.17, 15) is 13.2 Å². The average molecular weight is 455 g/mol. The summed E-state index contributed by atoms with van der Waals surface area (Å²) in [6.45, 7) is 1.08. The lowest BCUT2D eigenvalue weighted by Crippen LogP contribution is -2.46. The summed E-state index contributed by atoms with van der Waals surface area (Å²) < 4.78 is 27.3. The molecule has 0 radical (unpaired) electrons. The molecule has 0 aliphatic carbocycles. The fourth-order valence-corrected chi connectivity index (χ4v) is 5.95. The number of hydrogen-bond acceptors (Lipinski definition) is 3. The summed E-state index contributed by atoms with van der Waals surface area (Å²) >= 11 is 12.3. The largest absolute Gasteiger partial charge is 0.341 e. The third-order valence-electron chi connectivity index (χ3n) is 5.15. The highest BCUT2D eigenvalue weighted by Crippen LogP contribution is 2.29. The molecule has 29 heavy (non-hydrogen) atoms. The second-order valence-electron chi connectivity index (χ2n) is 7.33. The van der Waals surface area contributed by atoms with Gasteiger partial charge in [0.2, 0.25) is 15.9 Å². The highest BCUT2D eigenvalue weighted by Gasteiger charge is 2.34. The molecule has 0 N–H and O–H groups in total. The molecule has 1 heterocycles. The van der Waals surface area contributed by atoms with Gasteiger partial charge in [-0.2, -0.15) is 0 Å². The van der Waals surface area contributed by atoms with Crippen molar-refractivity contribution in [2.75, 3.05) is 20.1 Å². The van der Waals surface area contributed by atoms with Crippen LogP contribution in [0.4, 0.5) is 0 Å². The molecule has 1 saturated heterocycles. The van der Waals surface area contributed by atoms with Crippen molar-refractivity contribution in [1.82, 2.24) is 9.21 Å². The molecule has 1 aliphatic rings. The number of nitrogens with zero attached hydrogens (tertiary/aromatic N) is 2. The molecular weight excluding hydrogens is 431 g/mol. The first-order valence-corrected chi connectivity index (χ1v) is 11.8. The monoisotopic (exact) mass is 454 g/mol. The Morgan fingerprint density at radius 3 is 2.41 bits per heavy atom. The van der Waals surface area contributed by atoms with Crippen molar-refractivity contribution in [3.63, 3.8) is 0 Å². The van der Waals surface area contributed by atoms with Crippen molar-refractivity contribution in [1.29, 1.82) is 0 Å². The lowest BCUT2D eigenvalue weighted by molar-refractivity contribution is -0.135. The normalized spacial score (nSPS) is 17.8. The van der Waals surface area contributed by atoms with Crippen LogP contribution in [-0.2, 0) is 27.1 Å². The molecule has 5 nitrogen and oxygen atoms in total. The van der Waals surface area contributed by atoms with E-state index in [1.807, 2.05) is 30.3 Å². The van der Waals surface area contributed by atoms with Crippen LogP contribution in [0.2, 0.25) is 10.0 Å². The van der Waals surface area contributed by atoms with Gasteiger partial charge in [0.15, 0.2) is 0 Å². The number of piperidine rings is 1. The average Bonchev–Trinajstić information content (AvgIpc) is 2.71. The Hall–Kier alpha value is -1.60. The third-order valence-corrected chi connectivity index (χ3v) is 7.63. The molecule has 1 amide bonds.